The quantitative estimate of drug-likeness (QED) is 0.602. The first kappa shape index (κ1) is 16.7. The Morgan fingerprint density at radius 1 is 1.10 bits per heavy atom. The molecule has 2 N–H and O–H groups in total. The second kappa shape index (κ2) is 7.54. The second-order valence-corrected chi connectivity index (χ2v) is 6.32. The molecule has 0 radical (unpaired) electrons. The van der Waals surface area contributed by atoms with Crippen molar-refractivity contribution in [2.45, 2.75) is 13.3 Å². The molecule has 0 bridgehead atoms. The van der Waals surface area contributed by atoms with E-state index in [4.69, 9.17) is 34.8 Å². The van der Waals surface area contributed by atoms with Gasteiger partial charge in [0.25, 0.3) is 0 Å². The van der Waals surface area contributed by atoms with Crippen LogP contribution in [0.1, 0.15) is 13.3 Å². The number of benzene rings is 1. The maximum atomic E-state index is 6.19. The van der Waals surface area contributed by atoms with Gasteiger partial charge in [0, 0.05) is 6.54 Å². The van der Waals surface area contributed by atoms with Crippen LogP contribution in [0.5, 0.6) is 0 Å². The minimum absolute atomic E-state index is 0.439. The number of halogens is 4. The summed E-state index contributed by atoms with van der Waals surface area (Å²) in [6, 6.07) is 7.17. The third-order valence-electron chi connectivity index (χ3n) is 2.68. The summed E-state index contributed by atoms with van der Waals surface area (Å²) < 4.78 is 0.752. The van der Waals surface area contributed by atoms with Crippen LogP contribution in [0.3, 0.4) is 0 Å². The molecule has 1 aromatic carbocycles. The van der Waals surface area contributed by atoms with Crippen molar-refractivity contribution in [3.8, 4) is 0 Å². The van der Waals surface area contributed by atoms with Crippen molar-refractivity contribution < 1.29 is 0 Å². The molecule has 2 aromatic rings. The Balaban J connectivity index is 2.33. The molecule has 3 nitrogen and oxygen atoms in total. The summed E-state index contributed by atoms with van der Waals surface area (Å²) in [6.45, 7) is 2.85. The van der Waals surface area contributed by atoms with Gasteiger partial charge >= 0.3 is 0 Å². The van der Waals surface area contributed by atoms with Crippen molar-refractivity contribution in [2.75, 3.05) is 17.2 Å². The molecule has 0 aliphatic rings. The van der Waals surface area contributed by atoms with Crippen LogP contribution in [0.25, 0.3) is 0 Å². The number of aromatic nitrogens is 1. The lowest BCUT2D eigenvalue weighted by molar-refractivity contribution is 0.970. The Hall–Kier alpha value is -0.680. The summed E-state index contributed by atoms with van der Waals surface area (Å²) in [7, 11) is 0. The van der Waals surface area contributed by atoms with Crippen molar-refractivity contribution in [2.24, 2.45) is 0 Å². The molecule has 0 aliphatic carbocycles. The lowest BCUT2D eigenvalue weighted by Gasteiger charge is -2.13. The van der Waals surface area contributed by atoms with Gasteiger partial charge in [-0.3, -0.25) is 0 Å². The van der Waals surface area contributed by atoms with Gasteiger partial charge in [0.2, 0.25) is 0 Å². The topological polar surface area (TPSA) is 37.0 Å². The molecular weight excluding hydrogens is 396 g/mol. The van der Waals surface area contributed by atoms with Gasteiger partial charge < -0.3 is 10.6 Å². The molecule has 0 aliphatic heterocycles. The fraction of sp³-hybridized carbons (Fsp3) is 0.214. The third-order valence-corrected chi connectivity index (χ3v) is 4.65. The number of nitrogens with one attached hydrogen (secondary N) is 2. The van der Waals surface area contributed by atoms with Crippen molar-refractivity contribution in [3.63, 3.8) is 0 Å². The first-order valence-corrected chi connectivity index (χ1v) is 8.26. The van der Waals surface area contributed by atoms with E-state index in [2.05, 4.69) is 38.5 Å². The maximum absolute atomic E-state index is 6.19. The minimum Gasteiger partial charge on any atom is -0.369 e. The van der Waals surface area contributed by atoms with Gasteiger partial charge in [-0.15, -0.1) is 0 Å². The molecule has 7 heteroatoms. The van der Waals surface area contributed by atoms with Crippen LogP contribution >= 0.6 is 50.7 Å². The standard InChI is InChI=1S/C14H13BrCl3N3/c1-2-6-19-13-9(17)7-10(18)14(21-13)20-11-5-3-4-8(16)12(11)15/h3-5,7H,2,6H2,1H3,(H2,19,20,21). The van der Waals surface area contributed by atoms with E-state index >= 15 is 0 Å². The van der Waals surface area contributed by atoms with Crippen LogP contribution in [0.4, 0.5) is 17.3 Å². The van der Waals surface area contributed by atoms with Crippen molar-refractivity contribution in [1.82, 2.24) is 4.98 Å². The monoisotopic (exact) mass is 407 g/mol. The highest BCUT2D eigenvalue weighted by atomic mass is 79.9. The van der Waals surface area contributed by atoms with Gasteiger partial charge in [0.15, 0.2) is 5.82 Å². The van der Waals surface area contributed by atoms with E-state index in [-0.39, 0.29) is 0 Å². The zero-order chi connectivity index (χ0) is 15.4. The minimum atomic E-state index is 0.439. The fourth-order valence-electron chi connectivity index (χ4n) is 1.65. The number of nitrogens with zero attached hydrogens (tertiary/aromatic N) is 1. The molecule has 21 heavy (non-hydrogen) atoms. The summed E-state index contributed by atoms with van der Waals surface area (Å²) in [5.74, 6) is 1.12. The molecule has 0 unspecified atom stereocenters. The lowest BCUT2D eigenvalue weighted by Crippen LogP contribution is -2.05. The summed E-state index contributed by atoms with van der Waals surface area (Å²) in [5.41, 5.74) is 0.778. The van der Waals surface area contributed by atoms with Crippen LogP contribution in [-0.2, 0) is 0 Å². The molecule has 0 saturated carbocycles. The van der Waals surface area contributed by atoms with E-state index in [1.807, 2.05) is 12.1 Å². The second-order valence-electron chi connectivity index (χ2n) is 4.30. The SMILES string of the molecule is CCCNc1nc(Nc2cccc(Cl)c2Br)c(Cl)cc1Cl. The van der Waals surface area contributed by atoms with Crippen molar-refractivity contribution in [1.29, 1.82) is 0 Å². The highest BCUT2D eigenvalue weighted by molar-refractivity contribution is 9.10. The maximum Gasteiger partial charge on any atom is 0.151 e. The highest BCUT2D eigenvalue weighted by Crippen LogP contribution is 2.35. The Bertz CT molecular complexity index is 650. The first-order chi connectivity index (χ1) is 10.0. The predicted molar refractivity (Wildman–Crippen MR) is 95.5 cm³/mol. The van der Waals surface area contributed by atoms with E-state index in [1.54, 1.807) is 12.1 Å². The predicted octanol–water partition coefficient (Wildman–Crippen LogP) is 6.37. The molecular formula is C14H13BrCl3N3. The van der Waals surface area contributed by atoms with E-state index in [1.165, 1.54) is 0 Å². The van der Waals surface area contributed by atoms with E-state index < -0.39 is 0 Å². The molecule has 0 fully saturated rings. The summed E-state index contributed by atoms with van der Waals surface area (Å²) in [6.07, 6.45) is 0.975. The van der Waals surface area contributed by atoms with Gasteiger partial charge in [-0.25, -0.2) is 4.98 Å². The van der Waals surface area contributed by atoms with E-state index in [0.717, 1.165) is 23.1 Å². The molecule has 1 heterocycles. The Labute approximate surface area is 147 Å². The van der Waals surface area contributed by atoms with E-state index in [9.17, 15) is 0 Å². The molecule has 0 saturated heterocycles. The molecule has 1 aromatic heterocycles. The van der Waals surface area contributed by atoms with Gasteiger partial charge in [-0.2, -0.15) is 0 Å². The fourth-order valence-corrected chi connectivity index (χ4v) is 2.66. The van der Waals surface area contributed by atoms with Crippen molar-refractivity contribution in [3.05, 3.63) is 43.8 Å². The lowest BCUT2D eigenvalue weighted by atomic mass is 10.3. The number of rotatable bonds is 5. The number of pyridine rings is 1. The summed E-state index contributed by atoms with van der Waals surface area (Å²) in [5, 5.41) is 7.85. The van der Waals surface area contributed by atoms with Gasteiger partial charge in [-0.1, -0.05) is 47.8 Å². The number of hydrogen-bond donors (Lipinski definition) is 2. The van der Waals surface area contributed by atoms with Crippen LogP contribution in [0, 0.1) is 0 Å². The third kappa shape index (κ3) is 4.16. The number of anilines is 3. The molecule has 0 atom stereocenters. The normalized spacial score (nSPS) is 10.5. The van der Waals surface area contributed by atoms with Crippen molar-refractivity contribution >= 4 is 68.1 Å². The molecule has 2 rings (SSSR count). The Morgan fingerprint density at radius 2 is 1.81 bits per heavy atom. The largest absolute Gasteiger partial charge is 0.369 e. The van der Waals surface area contributed by atoms with E-state index in [0.29, 0.717) is 26.7 Å². The molecule has 0 amide bonds. The number of hydrogen-bond acceptors (Lipinski definition) is 3. The molecule has 0 spiro atoms. The Morgan fingerprint density at radius 3 is 2.52 bits per heavy atom. The smallest absolute Gasteiger partial charge is 0.151 e. The summed E-state index contributed by atoms with van der Waals surface area (Å²) >= 11 is 21.8. The van der Waals surface area contributed by atoms with Gasteiger partial charge in [-0.05, 0) is 40.5 Å². The van der Waals surface area contributed by atoms with Crippen LogP contribution in [0.15, 0.2) is 28.7 Å². The Kier molecular flexibility index (Phi) is 5.99. The van der Waals surface area contributed by atoms with Crippen LogP contribution in [-0.4, -0.2) is 11.5 Å². The zero-order valence-electron chi connectivity index (χ0n) is 11.2. The van der Waals surface area contributed by atoms with Crippen LogP contribution < -0.4 is 10.6 Å². The average molecular weight is 410 g/mol. The first-order valence-electron chi connectivity index (χ1n) is 6.34. The van der Waals surface area contributed by atoms with Crippen LogP contribution in [0.2, 0.25) is 15.1 Å². The zero-order valence-corrected chi connectivity index (χ0v) is 15.0. The molecule has 112 valence electrons. The van der Waals surface area contributed by atoms with Gasteiger partial charge in [0.05, 0.1) is 25.2 Å². The van der Waals surface area contributed by atoms with Gasteiger partial charge in [0.1, 0.15) is 5.82 Å². The highest BCUT2D eigenvalue weighted by Gasteiger charge is 2.11. The summed E-state index contributed by atoms with van der Waals surface area (Å²) in [4.78, 5) is 4.43. The average Bonchev–Trinajstić information content (AvgIpc) is 2.45.